The molecule has 1 unspecified atom stereocenters. The molecule has 1 atom stereocenters. The molecule has 1 aromatic carbocycles. The summed E-state index contributed by atoms with van der Waals surface area (Å²) in [6.45, 7) is 8.71. The van der Waals surface area contributed by atoms with Crippen LogP contribution < -0.4 is 4.74 Å². The van der Waals surface area contributed by atoms with E-state index in [1.807, 2.05) is 13.0 Å². The Bertz CT molecular complexity index is 423. The molecular formula is C15H22N2O. The van der Waals surface area contributed by atoms with E-state index in [9.17, 15) is 0 Å². The van der Waals surface area contributed by atoms with Crippen LogP contribution in [0.3, 0.4) is 0 Å². The van der Waals surface area contributed by atoms with Crippen molar-refractivity contribution in [1.82, 2.24) is 4.90 Å². The van der Waals surface area contributed by atoms with Crippen LogP contribution >= 0.6 is 0 Å². The lowest BCUT2D eigenvalue weighted by molar-refractivity contribution is 0.256. The van der Waals surface area contributed by atoms with Gasteiger partial charge in [0.25, 0.3) is 0 Å². The van der Waals surface area contributed by atoms with Gasteiger partial charge >= 0.3 is 0 Å². The molecule has 1 aromatic rings. The molecule has 0 aliphatic heterocycles. The van der Waals surface area contributed by atoms with Crippen LogP contribution in [-0.4, -0.2) is 25.1 Å². The Hall–Kier alpha value is -1.53. The number of aryl methyl sites for hydroxylation is 1. The molecule has 0 aliphatic rings. The van der Waals surface area contributed by atoms with Crippen molar-refractivity contribution in [2.45, 2.75) is 27.3 Å². The van der Waals surface area contributed by atoms with E-state index in [4.69, 9.17) is 10.00 Å². The van der Waals surface area contributed by atoms with Gasteiger partial charge in [0.1, 0.15) is 5.75 Å². The Morgan fingerprint density at radius 1 is 1.44 bits per heavy atom. The maximum Gasteiger partial charge on any atom is 0.123 e. The van der Waals surface area contributed by atoms with E-state index in [0.29, 0.717) is 0 Å². The van der Waals surface area contributed by atoms with Gasteiger partial charge in [-0.1, -0.05) is 24.6 Å². The van der Waals surface area contributed by atoms with Crippen molar-refractivity contribution in [2.24, 2.45) is 5.92 Å². The molecule has 0 N–H and O–H groups in total. The van der Waals surface area contributed by atoms with Crippen LogP contribution in [0.2, 0.25) is 0 Å². The Morgan fingerprint density at radius 3 is 2.72 bits per heavy atom. The number of benzene rings is 1. The summed E-state index contributed by atoms with van der Waals surface area (Å²) < 4.78 is 5.39. The molecule has 0 fully saturated rings. The Labute approximate surface area is 110 Å². The first-order valence-corrected chi connectivity index (χ1v) is 6.36. The van der Waals surface area contributed by atoms with Crippen LogP contribution in [-0.2, 0) is 6.54 Å². The molecule has 0 aliphatic carbocycles. The Kier molecular flexibility index (Phi) is 5.67. The summed E-state index contributed by atoms with van der Waals surface area (Å²) in [6.07, 6.45) is 0. The number of methoxy groups -OCH3 is 1. The predicted octanol–water partition coefficient (Wildman–Crippen LogP) is 2.99. The molecule has 0 spiro atoms. The zero-order valence-electron chi connectivity index (χ0n) is 11.7. The first-order valence-electron chi connectivity index (χ1n) is 6.36. The highest BCUT2D eigenvalue weighted by Gasteiger charge is 2.11. The zero-order valence-corrected chi connectivity index (χ0v) is 11.7. The molecule has 0 aromatic heterocycles. The van der Waals surface area contributed by atoms with Crippen molar-refractivity contribution < 1.29 is 4.74 Å². The van der Waals surface area contributed by atoms with E-state index in [-0.39, 0.29) is 5.92 Å². The highest BCUT2D eigenvalue weighted by atomic mass is 16.5. The lowest BCUT2D eigenvalue weighted by atomic mass is 10.1. The average Bonchev–Trinajstić information content (AvgIpc) is 2.38. The number of hydrogen-bond donors (Lipinski definition) is 0. The summed E-state index contributed by atoms with van der Waals surface area (Å²) in [6, 6.07) is 8.49. The minimum Gasteiger partial charge on any atom is -0.496 e. The molecule has 18 heavy (non-hydrogen) atoms. The molecular weight excluding hydrogens is 224 g/mol. The van der Waals surface area contributed by atoms with E-state index < -0.39 is 0 Å². The number of ether oxygens (including phenoxy) is 1. The van der Waals surface area contributed by atoms with Gasteiger partial charge in [-0.15, -0.1) is 0 Å². The van der Waals surface area contributed by atoms with Crippen LogP contribution in [0.15, 0.2) is 18.2 Å². The lowest BCUT2D eigenvalue weighted by Gasteiger charge is -2.22. The standard InChI is InChI=1S/C15H22N2O/c1-5-17(10-13(3)9-16)11-14-8-12(2)6-7-15(14)18-4/h6-8,13H,5,10-11H2,1-4H3. The highest BCUT2D eigenvalue weighted by Crippen LogP contribution is 2.21. The summed E-state index contributed by atoms with van der Waals surface area (Å²) in [5, 5.41) is 8.89. The van der Waals surface area contributed by atoms with Crippen LogP contribution in [0.4, 0.5) is 0 Å². The minimum absolute atomic E-state index is 0.0563. The van der Waals surface area contributed by atoms with Gasteiger partial charge in [-0.3, -0.25) is 4.90 Å². The smallest absolute Gasteiger partial charge is 0.123 e. The molecule has 98 valence electrons. The SMILES string of the molecule is CCN(Cc1cc(C)ccc1OC)CC(C)C#N. The monoisotopic (exact) mass is 246 g/mol. The second-order valence-electron chi connectivity index (χ2n) is 4.67. The van der Waals surface area contributed by atoms with Crippen molar-refractivity contribution in [2.75, 3.05) is 20.2 Å². The zero-order chi connectivity index (χ0) is 13.5. The third-order valence-corrected chi connectivity index (χ3v) is 3.03. The highest BCUT2D eigenvalue weighted by molar-refractivity contribution is 5.36. The van der Waals surface area contributed by atoms with Crippen molar-refractivity contribution in [3.05, 3.63) is 29.3 Å². The molecule has 1 rings (SSSR count). The second kappa shape index (κ2) is 7.03. The quantitative estimate of drug-likeness (QED) is 0.774. The fourth-order valence-corrected chi connectivity index (χ4v) is 2.01. The maximum absolute atomic E-state index is 8.89. The van der Waals surface area contributed by atoms with Crippen LogP contribution in [0, 0.1) is 24.2 Å². The largest absolute Gasteiger partial charge is 0.496 e. The summed E-state index contributed by atoms with van der Waals surface area (Å²) in [4.78, 5) is 2.27. The fraction of sp³-hybridized carbons (Fsp3) is 0.533. The van der Waals surface area contributed by atoms with Gasteiger partial charge in [-0.2, -0.15) is 5.26 Å². The minimum atomic E-state index is 0.0563. The molecule has 0 saturated heterocycles. The molecule has 3 nitrogen and oxygen atoms in total. The number of nitrogens with zero attached hydrogens (tertiary/aromatic N) is 2. The number of rotatable bonds is 6. The summed E-state index contributed by atoms with van der Waals surface area (Å²) in [5.74, 6) is 0.976. The lowest BCUT2D eigenvalue weighted by Crippen LogP contribution is -2.27. The number of nitriles is 1. The first kappa shape index (κ1) is 14.5. The molecule has 0 amide bonds. The van der Waals surface area contributed by atoms with Gasteiger partial charge in [0, 0.05) is 18.7 Å². The third-order valence-electron chi connectivity index (χ3n) is 3.03. The van der Waals surface area contributed by atoms with Crippen molar-refractivity contribution >= 4 is 0 Å². The number of hydrogen-bond acceptors (Lipinski definition) is 3. The maximum atomic E-state index is 8.89. The van der Waals surface area contributed by atoms with Gasteiger partial charge in [-0.05, 0) is 26.5 Å². The average molecular weight is 246 g/mol. The normalized spacial score (nSPS) is 12.2. The van der Waals surface area contributed by atoms with E-state index in [0.717, 1.165) is 25.4 Å². The van der Waals surface area contributed by atoms with Gasteiger partial charge in [-0.25, -0.2) is 0 Å². The van der Waals surface area contributed by atoms with Crippen LogP contribution in [0.1, 0.15) is 25.0 Å². The van der Waals surface area contributed by atoms with Crippen LogP contribution in [0.25, 0.3) is 0 Å². The molecule has 3 heteroatoms. The molecule has 0 saturated carbocycles. The van der Waals surface area contributed by atoms with Gasteiger partial charge in [0.15, 0.2) is 0 Å². The predicted molar refractivity (Wildman–Crippen MR) is 73.5 cm³/mol. The third kappa shape index (κ3) is 4.05. The van der Waals surface area contributed by atoms with Gasteiger partial charge in [0.05, 0.1) is 19.1 Å². The van der Waals surface area contributed by atoms with E-state index in [1.54, 1.807) is 7.11 Å². The van der Waals surface area contributed by atoms with E-state index in [1.165, 1.54) is 11.1 Å². The Morgan fingerprint density at radius 2 is 2.17 bits per heavy atom. The summed E-state index contributed by atoms with van der Waals surface area (Å²) >= 11 is 0. The van der Waals surface area contributed by atoms with Crippen molar-refractivity contribution in [3.8, 4) is 11.8 Å². The summed E-state index contributed by atoms with van der Waals surface area (Å²) in [5.41, 5.74) is 2.42. The van der Waals surface area contributed by atoms with E-state index >= 15 is 0 Å². The second-order valence-corrected chi connectivity index (χ2v) is 4.67. The topological polar surface area (TPSA) is 36.3 Å². The van der Waals surface area contributed by atoms with Crippen molar-refractivity contribution in [3.63, 3.8) is 0 Å². The van der Waals surface area contributed by atoms with E-state index in [2.05, 4.69) is 36.9 Å². The summed E-state index contributed by atoms with van der Waals surface area (Å²) in [7, 11) is 1.70. The molecule has 0 radical (unpaired) electrons. The molecule has 0 bridgehead atoms. The van der Waals surface area contributed by atoms with Crippen LogP contribution in [0.5, 0.6) is 5.75 Å². The Balaban J connectivity index is 2.81. The molecule has 0 heterocycles. The van der Waals surface area contributed by atoms with Crippen molar-refractivity contribution in [1.29, 1.82) is 5.26 Å². The van der Waals surface area contributed by atoms with Gasteiger partial charge < -0.3 is 4.74 Å². The first-order chi connectivity index (χ1) is 8.60. The van der Waals surface area contributed by atoms with Gasteiger partial charge in [0.2, 0.25) is 0 Å². The fourth-order valence-electron chi connectivity index (χ4n) is 2.01.